The zero-order valence-corrected chi connectivity index (χ0v) is 11.9. The zero-order valence-electron chi connectivity index (χ0n) is 10.4. The van der Waals surface area contributed by atoms with Gasteiger partial charge < -0.3 is 9.84 Å². The fraction of sp³-hybridized carbons (Fsp3) is 0.143. The summed E-state index contributed by atoms with van der Waals surface area (Å²) in [5.74, 6) is 0.148. The van der Waals surface area contributed by atoms with Crippen LogP contribution >= 0.6 is 23.2 Å². The molecular weight excluding hydrogens is 328 g/mol. The van der Waals surface area contributed by atoms with Crippen molar-refractivity contribution in [3.8, 4) is 11.5 Å². The number of rotatable bonds is 3. The van der Waals surface area contributed by atoms with Crippen LogP contribution in [0.15, 0.2) is 36.4 Å². The van der Waals surface area contributed by atoms with Crippen LogP contribution in [0.4, 0.5) is 13.2 Å². The number of ether oxygens (including phenoxy) is 1. The molecule has 0 fully saturated rings. The van der Waals surface area contributed by atoms with Crippen LogP contribution in [0.5, 0.6) is 11.5 Å². The van der Waals surface area contributed by atoms with Gasteiger partial charge in [0, 0.05) is 5.02 Å². The minimum Gasteiger partial charge on any atom is -0.456 e. The van der Waals surface area contributed by atoms with Crippen LogP contribution in [0.1, 0.15) is 11.1 Å². The predicted molar refractivity (Wildman–Crippen MR) is 73.9 cm³/mol. The molecule has 7 heteroatoms. The Morgan fingerprint density at radius 1 is 1.05 bits per heavy atom. The average molecular weight is 337 g/mol. The second-order valence-corrected chi connectivity index (χ2v) is 5.00. The number of aliphatic hydroxyl groups excluding tert-OH is 1. The van der Waals surface area contributed by atoms with Crippen LogP contribution in [0, 0.1) is 0 Å². The van der Waals surface area contributed by atoms with Gasteiger partial charge in [0.1, 0.15) is 11.5 Å². The lowest BCUT2D eigenvalue weighted by molar-refractivity contribution is -0.138. The van der Waals surface area contributed by atoms with E-state index < -0.39 is 18.3 Å². The molecular formula is C14H9Cl2F3O2. The number of halogens is 5. The van der Waals surface area contributed by atoms with Gasteiger partial charge in [0.15, 0.2) is 0 Å². The highest BCUT2D eigenvalue weighted by Gasteiger charge is 2.33. The summed E-state index contributed by atoms with van der Waals surface area (Å²) in [7, 11) is 0. The number of hydrogen-bond donors (Lipinski definition) is 1. The van der Waals surface area contributed by atoms with Gasteiger partial charge in [-0.05, 0) is 35.9 Å². The van der Waals surface area contributed by atoms with Crippen LogP contribution in [0.25, 0.3) is 0 Å². The van der Waals surface area contributed by atoms with E-state index in [4.69, 9.17) is 33.0 Å². The van der Waals surface area contributed by atoms with Crippen molar-refractivity contribution in [3.63, 3.8) is 0 Å². The maximum absolute atomic E-state index is 12.9. The Balaban J connectivity index is 2.37. The second kappa shape index (κ2) is 6.13. The van der Waals surface area contributed by atoms with Crippen LogP contribution in [0.3, 0.4) is 0 Å². The lowest BCUT2D eigenvalue weighted by atomic mass is 10.1. The predicted octanol–water partition coefficient (Wildman–Crippen LogP) is 5.30. The van der Waals surface area contributed by atoms with Gasteiger partial charge in [0.2, 0.25) is 0 Å². The number of benzene rings is 2. The Labute approximate surface area is 128 Å². The zero-order chi connectivity index (χ0) is 15.6. The summed E-state index contributed by atoms with van der Waals surface area (Å²) in [5, 5.41) is 9.53. The van der Waals surface area contributed by atoms with Crippen molar-refractivity contribution < 1.29 is 23.0 Å². The van der Waals surface area contributed by atoms with E-state index in [1.54, 1.807) is 0 Å². The Bertz CT molecular complexity index is 657. The number of hydrogen-bond acceptors (Lipinski definition) is 2. The molecule has 0 aliphatic carbocycles. The molecule has 0 atom stereocenters. The summed E-state index contributed by atoms with van der Waals surface area (Å²) in [6.45, 7) is -0.711. The first-order chi connectivity index (χ1) is 9.81. The third-order valence-corrected chi connectivity index (χ3v) is 3.21. The third-order valence-electron chi connectivity index (χ3n) is 2.68. The highest BCUT2D eigenvalue weighted by atomic mass is 35.5. The fourth-order valence-electron chi connectivity index (χ4n) is 1.71. The molecule has 0 unspecified atom stereocenters. The van der Waals surface area contributed by atoms with Gasteiger partial charge >= 0.3 is 6.18 Å². The summed E-state index contributed by atoms with van der Waals surface area (Å²) in [4.78, 5) is 0. The van der Waals surface area contributed by atoms with E-state index in [1.807, 2.05) is 0 Å². The third kappa shape index (κ3) is 3.81. The van der Waals surface area contributed by atoms with Gasteiger partial charge in [-0.15, -0.1) is 0 Å². The number of alkyl halides is 3. The average Bonchev–Trinajstić information content (AvgIpc) is 2.41. The summed E-state index contributed by atoms with van der Waals surface area (Å²) in [6, 6.07) is 7.68. The molecule has 0 radical (unpaired) electrons. The highest BCUT2D eigenvalue weighted by Crippen LogP contribution is 2.37. The van der Waals surface area contributed by atoms with Crippen molar-refractivity contribution in [2.45, 2.75) is 12.8 Å². The summed E-state index contributed by atoms with van der Waals surface area (Å²) < 4.78 is 44.0. The molecule has 21 heavy (non-hydrogen) atoms. The minimum absolute atomic E-state index is 0.0382. The molecule has 0 spiro atoms. The molecule has 0 saturated heterocycles. The summed E-state index contributed by atoms with van der Waals surface area (Å²) in [6.07, 6.45) is -4.58. The van der Waals surface area contributed by atoms with E-state index in [2.05, 4.69) is 0 Å². The standard InChI is InChI=1S/C14H9Cl2F3O2/c15-9-2-4-13(12(16)5-9)21-10-3-1-8(7-20)11(6-10)14(17,18)19/h1-6,20H,7H2. The molecule has 0 aliphatic heterocycles. The van der Waals surface area contributed by atoms with E-state index in [9.17, 15) is 13.2 Å². The summed E-state index contributed by atoms with van der Waals surface area (Å²) >= 11 is 11.6. The molecule has 2 aromatic rings. The lowest BCUT2D eigenvalue weighted by Gasteiger charge is -2.14. The van der Waals surface area contributed by atoms with Crippen molar-refractivity contribution in [2.24, 2.45) is 0 Å². The largest absolute Gasteiger partial charge is 0.456 e. The number of aliphatic hydroxyl groups is 1. The summed E-state index contributed by atoms with van der Waals surface area (Å²) in [5.41, 5.74) is -1.18. The quantitative estimate of drug-likeness (QED) is 0.824. The van der Waals surface area contributed by atoms with Gasteiger partial charge in [-0.25, -0.2) is 0 Å². The molecule has 2 rings (SSSR count). The van der Waals surface area contributed by atoms with Crippen molar-refractivity contribution in [2.75, 3.05) is 0 Å². The van der Waals surface area contributed by atoms with Gasteiger partial charge in [-0.2, -0.15) is 13.2 Å². The fourth-order valence-corrected chi connectivity index (χ4v) is 2.15. The molecule has 0 aromatic heterocycles. The molecule has 0 saturated carbocycles. The minimum atomic E-state index is -4.58. The molecule has 0 amide bonds. The van der Waals surface area contributed by atoms with Crippen LogP contribution < -0.4 is 4.74 Å². The molecule has 2 aromatic carbocycles. The Kier molecular flexibility index (Phi) is 4.66. The maximum atomic E-state index is 12.9. The molecule has 0 aliphatic rings. The topological polar surface area (TPSA) is 29.5 Å². The normalized spacial score (nSPS) is 11.5. The van der Waals surface area contributed by atoms with Crippen LogP contribution in [-0.2, 0) is 12.8 Å². The van der Waals surface area contributed by atoms with Gasteiger partial charge in [-0.3, -0.25) is 0 Å². The first-order valence-corrected chi connectivity index (χ1v) is 6.50. The Morgan fingerprint density at radius 2 is 1.76 bits per heavy atom. The Hall–Kier alpha value is -1.43. The first kappa shape index (κ1) is 15.9. The van der Waals surface area contributed by atoms with Crippen molar-refractivity contribution in [1.29, 1.82) is 0 Å². The van der Waals surface area contributed by atoms with Crippen molar-refractivity contribution in [3.05, 3.63) is 57.6 Å². The van der Waals surface area contributed by atoms with E-state index in [1.165, 1.54) is 24.3 Å². The molecule has 2 nitrogen and oxygen atoms in total. The first-order valence-electron chi connectivity index (χ1n) is 5.75. The maximum Gasteiger partial charge on any atom is 0.416 e. The van der Waals surface area contributed by atoms with Gasteiger partial charge in [-0.1, -0.05) is 29.3 Å². The van der Waals surface area contributed by atoms with Crippen molar-refractivity contribution >= 4 is 23.2 Å². The van der Waals surface area contributed by atoms with Gasteiger partial charge in [0.05, 0.1) is 17.2 Å². The monoisotopic (exact) mass is 336 g/mol. The molecule has 112 valence electrons. The Morgan fingerprint density at radius 3 is 2.33 bits per heavy atom. The van der Waals surface area contributed by atoms with E-state index in [-0.39, 0.29) is 22.1 Å². The second-order valence-electron chi connectivity index (χ2n) is 4.15. The van der Waals surface area contributed by atoms with Crippen LogP contribution in [-0.4, -0.2) is 5.11 Å². The molecule has 1 N–H and O–H groups in total. The SMILES string of the molecule is OCc1ccc(Oc2ccc(Cl)cc2Cl)cc1C(F)(F)F. The van der Waals surface area contributed by atoms with Gasteiger partial charge in [0.25, 0.3) is 0 Å². The van der Waals surface area contributed by atoms with E-state index in [0.29, 0.717) is 5.02 Å². The lowest BCUT2D eigenvalue weighted by Crippen LogP contribution is -2.09. The van der Waals surface area contributed by atoms with E-state index in [0.717, 1.165) is 12.1 Å². The van der Waals surface area contributed by atoms with Crippen molar-refractivity contribution in [1.82, 2.24) is 0 Å². The highest BCUT2D eigenvalue weighted by molar-refractivity contribution is 6.35. The van der Waals surface area contributed by atoms with E-state index >= 15 is 0 Å². The molecule has 0 heterocycles. The van der Waals surface area contributed by atoms with Crippen LogP contribution in [0.2, 0.25) is 10.0 Å². The molecule has 0 bridgehead atoms. The smallest absolute Gasteiger partial charge is 0.416 e.